The van der Waals surface area contributed by atoms with Crippen LogP contribution in [0, 0.1) is 46.3 Å². The third kappa shape index (κ3) is 4.48. The van der Waals surface area contributed by atoms with Crippen molar-refractivity contribution in [2.24, 2.45) is 46.3 Å². The minimum atomic E-state index is -1.40. The molecule has 6 heteroatoms. The Bertz CT molecular complexity index is 1280. The summed E-state index contributed by atoms with van der Waals surface area (Å²) in [6.45, 7) is 9.61. The molecule has 7 rings (SSSR count). The number of ether oxygens (including phenoxy) is 2. The first-order valence-electron chi connectivity index (χ1n) is 17.6. The number of rotatable bonds is 7. The zero-order valence-electron chi connectivity index (χ0n) is 27.2. The Morgan fingerprint density at radius 1 is 1.11 bits per heavy atom. The smallest absolute Gasteiger partial charge is 0.159 e. The number of carbonyl (C=O) groups is 1. The summed E-state index contributed by atoms with van der Waals surface area (Å²) in [5.41, 5.74) is -1.06. The summed E-state index contributed by atoms with van der Waals surface area (Å²) in [7, 11) is 0. The topological polar surface area (TPSA) is 96.2 Å². The lowest BCUT2D eigenvalue weighted by molar-refractivity contribution is -0.214. The molecule has 5 fully saturated rings. The average Bonchev–Trinajstić information content (AvgIpc) is 3.49. The van der Waals surface area contributed by atoms with E-state index in [2.05, 4.69) is 45.0 Å². The van der Waals surface area contributed by atoms with E-state index in [1.54, 1.807) is 6.92 Å². The molecule has 1 heterocycles. The number of hydrogen-bond donors (Lipinski definition) is 3. The van der Waals surface area contributed by atoms with Crippen LogP contribution in [-0.2, 0) is 20.7 Å². The van der Waals surface area contributed by atoms with Crippen molar-refractivity contribution in [3.63, 3.8) is 0 Å². The van der Waals surface area contributed by atoms with Gasteiger partial charge in [-0.2, -0.15) is 0 Å². The molecule has 3 N–H and O–H groups in total. The number of aliphatic hydroxyl groups is 3. The molecule has 1 aromatic carbocycles. The van der Waals surface area contributed by atoms with E-state index < -0.39 is 28.8 Å². The Labute approximate surface area is 263 Å². The minimum Gasteiger partial charge on any atom is -0.387 e. The summed E-state index contributed by atoms with van der Waals surface area (Å²) < 4.78 is 12.4. The summed E-state index contributed by atoms with van der Waals surface area (Å²) in [5.74, 6) is 0.807. The second-order valence-electron chi connectivity index (χ2n) is 16.3. The predicted octanol–water partition coefficient (Wildman–Crippen LogP) is 5.66. The van der Waals surface area contributed by atoms with Crippen molar-refractivity contribution in [1.82, 2.24) is 0 Å². The van der Waals surface area contributed by atoms with Gasteiger partial charge in [0.15, 0.2) is 5.78 Å². The highest BCUT2D eigenvalue weighted by Gasteiger charge is 2.73. The second-order valence-corrected chi connectivity index (χ2v) is 16.3. The van der Waals surface area contributed by atoms with E-state index in [0.29, 0.717) is 37.9 Å². The Morgan fingerprint density at radius 2 is 1.89 bits per heavy atom. The number of fused-ring (bicyclic) bond motifs is 6. The lowest BCUT2D eigenvalue weighted by atomic mass is 9.40. The van der Waals surface area contributed by atoms with Crippen LogP contribution in [-0.4, -0.2) is 63.8 Å². The molecule has 44 heavy (non-hydrogen) atoms. The van der Waals surface area contributed by atoms with Crippen LogP contribution >= 0.6 is 0 Å². The summed E-state index contributed by atoms with van der Waals surface area (Å²) in [6.07, 6.45) is 8.94. The van der Waals surface area contributed by atoms with E-state index in [0.717, 1.165) is 56.9 Å². The van der Waals surface area contributed by atoms with Gasteiger partial charge in [-0.25, -0.2) is 0 Å². The van der Waals surface area contributed by atoms with Crippen molar-refractivity contribution in [3.05, 3.63) is 47.5 Å². The van der Waals surface area contributed by atoms with Crippen molar-refractivity contribution in [2.75, 3.05) is 13.2 Å². The van der Waals surface area contributed by atoms with Gasteiger partial charge in [0.1, 0.15) is 6.10 Å². The number of benzene rings is 1. The molecule has 5 aliphatic carbocycles. The molecule has 1 aromatic rings. The maximum Gasteiger partial charge on any atom is 0.159 e. The highest BCUT2D eigenvalue weighted by molar-refractivity contribution is 5.95. The van der Waals surface area contributed by atoms with Crippen molar-refractivity contribution >= 4 is 5.78 Å². The predicted molar refractivity (Wildman–Crippen MR) is 169 cm³/mol. The molecule has 0 radical (unpaired) electrons. The second kappa shape index (κ2) is 11.0. The summed E-state index contributed by atoms with van der Waals surface area (Å²) >= 11 is 0. The van der Waals surface area contributed by atoms with Gasteiger partial charge in [0.05, 0.1) is 30.0 Å². The summed E-state index contributed by atoms with van der Waals surface area (Å²) in [6, 6.07) is 10.4. The van der Waals surface area contributed by atoms with Crippen LogP contribution < -0.4 is 0 Å². The molecule has 13 atom stereocenters. The number of allylic oxidation sites excluding steroid dienone is 1. The molecule has 0 aromatic heterocycles. The molecule has 1 spiro atoms. The third-order valence-corrected chi connectivity index (χ3v) is 14.2. The fraction of sp³-hybridized carbons (Fsp3) is 0.763. The Balaban J connectivity index is 1.15. The zero-order valence-corrected chi connectivity index (χ0v) is 27.2. The standard InChI is InChI=1S/C38H54O6/c1-23-22-44-33(24(23)2)34(40)36(4,41)31-13-17-38(42)29-20-30(39)28-19-27(43-18-14-25-9-6-5-7-10-25)12-16-35(28,3)32(29)26-11-8-15-37(31,38)21-26/h5-7,9-10,20,23-24,26-28,31-34,40-42H,8,11-19,21-22H2,1-4H3/t23-,24+,26-,27-,28-,31+,32-,33-,34+,35-,36-,37+,38+/m0/s1. The van der Waals surface area contributed by atoms with Crippen LogP contribution in [0.4, 0.5) is 0 Å². The first-order valence-corrected chi connectivity index (χ1v) is 17.6. The number of hydrogen-bond acceptors (Lipinski definition) is 6. The van der Waals surface area contributed by atoms with Gasteiger partial charge in [0.25, 0.3) is 0 Å². The van der Waals surface area contributed by atoms with Gasteiger partial charge in [0, 0.05) is 17.9 Å². The Morgan fingerprint density at radius 3 is 2.61 bits per heavy atom. The fourth-order valence-electron chi connectivity index (χ4n) is 11.7. The van der Waals surface area contributed by atoms with Crippen molar-refractivity contribution in [1.29, 1.82) is 0 Å². The van der Waals surface area contributed by atoms with E-state index in [-0.39, 0.29) is 41.0 Å². The zero-order chi connectivity index (χ0) is 31.1. The number of aliphatic hydroxyl groups excluding tert-OH is 1. The molecule has 6 aliphatic rings. The Kier molecular flexibility index (Phi) is 7.77. The molecule has 242 valence electrons. The van der Waals surface area contributed by atoms with E-state index >= 15 is 0 Å². The van der Waals surface area contributed by atoms with Gasteiger partial charge >= 0.3 is 0 Å². The molecule has 4 saturated carbocycles. The van der Waals surface area contributed by atoms with Crippen LogP contribution in [0.2, 0.25) is 0 Å². The SMILES string of the molecule is C[C@H]1[C@@H]([C@@H](O)[C@@](C)(O)[C@H]2CC[C@@]3(O)C4=CC(=O)[C@@H]5C[C@@H](OCCc6ccccc6)CC[C@]5(C)[C@H]4[C@H]4CCC[C@@]23C4)OC[C@@H]1C. The molecule has 0 amide bonds. The fourth-order valence-corrected chi connectivity index (χ4v) is 11.7. The quantitative estimate of drug-likeness (QED) is 0.371. The van der Waals surface area contributed by atoms with Crippen molar-refractivity contribution in [3.8, 4) is 0 Å². The van der Waals surface area contributed by atoms with E-state index in [9.17, 15) is 20.1 Å². The van der Waals surface area contributed by atoms with Crippen molar-refractivity contribution < 1.29 is 29.6 Å². The van der Waals surface area contributed by atoms with E-state index in [1.807, 2.05) is 12.1 Å². The molecule has 6 nitrogen and oxygen atoms in total. The minimum absolute atomic E-state index is 0.0863. The summed E-state index contributed by atoms with van der Waals surface area (Å²) in [4.78, 5) is 14.1. The maximum absolute atomic E-state index is 14.1. The first-order chi connectivity index (χ1) is 20.9. The lowest BCUT2D eigenvalue weighted by Gasteiger charge is -2.65. The highest BCUT2D eigenvalue weighted by atomic mass is 16.5. The van der Waals surface area contributed by atoms with Crippen LogP contribution in [0.25, 0.3) is 0 Å². The summed E-state index contributed by atoms with van der Waals surface area (Å²) in [5, 5.41) is 36.8. The van der Waals surface area contributed by atoms with Gasteiger partial charge in [-0.15, -0.1) is 0 Å². The average molecular weight is 607 g/mol. The van der Waals surface area contributed by atoms with Gasteiger partial charge in [0.2, 0.25) is 0 Å². The number of carbonyl (C=O) groups excluding carboxylic acids is 1. The van der Waals surface area contributed by atoms with Crippen LogP contribution in [0.5, 0.6) is 0 Å². The Hall–Kier alpha value is -1.57. The maximum atomic E-state index is 14.1. The molecule has 1 aliphatic heterocycles. The van der Waals surface area contributed by atoms with Gasteiger partial charge < -0.3 is 24.8 Å². The number of ketones is 1. The largest absolute Gasteiger partial charge is 0.387 e. The molecular weight excluding hydrogens is 552 g/mol. The van der Waals surface area contributed by atoms with Gasteiger partial charge in [-0.05, 0) is 117 Å². The van der Waals surface area contributed by atoms with E-state index in [4.69, 9.17) is 9.47 Å². The van der Waals surface area contributed by atoms with E-state index in [1.165, 1.54) is 5.56 Å². The van der Waals surface area contributed by atoms with Crippen LogP contribution in [0.15, 0.2) is 42.0 Å². The lowest BCUT2D eigenvalue weighted by Crippen LogP contribution is -2.67. The van der Waals surface area contributed by atoms with Gasteiger partial charge in [-0.1, -0.05) is 57.5 Å². The van der Waals surface area contributed by atoms with Crippen LogP contribution in [0.1, 0.15) is 91.0 Å². The molecule has 1 saturated heterocycles. The highest BCUT2D eigenvalue weighted by Crippen LogP contribution is 2.73. The van der Waals surface area contributed by atoms with Crippen molar-refractivity contribution in [2.45, 2.75) is 121 Å². The molecule has 2 bridgehead atoms. The molecular formula is C38H54O6. The normalized spacial score (nSPS) is 46.8. The monoisotopic (exact) mass is 606 g/mol. The van der Waals surface area contributed by atoms with Gasteiger partial charge in [-0.3, -0.25) is 4.79 Å². The third-order valence-electron chi connectivity index (χ3n) is 14.2. The molecule has 0 unspecified atom stereocenters. The van der Waals surface area contributed by atoms with Crippen LogP contribution in [0.3, 0.4) is 0 Å². The first kappa shape index (κ1) is 31.1.